The van der Waals surface area contributed by atoms with Gasteiger partial charge in [-0.3, -0.25) is 0 Å². The summed E-state index contributed by atoms with van der Waals surface area (Å²) in [7, 11) is 1.71. The second-order valence-corrected chi connectivity index (χ2v) is 5.51. The Balaban J connectivity index is 2.49. The lowest BCUT2D eigenvalue weighted by atomic mass is 9.96. The maximum Gasteiger partial charge on any atom is 0.162 e. The van der Waals surface area contributed by atoms with E-state index in [1.807, 2.05) is 11.8 Å². The average Bonchev–Trinajstić information content (AvgIpc) is 2.81. The zero-order valence-electron chi connectivity index (χ0n) is 10.4. The van der Waals surface area contributed by atoms with Crippen molar-refractivity contribution in [2.45, 2.75) is 43.8 Å². The molecule has 94 valence electrons. The number of ether oxygens (including phenoxy) is 1. The fraction of sp³-hybridized carbons (Fsp3) is 0.667. The quantitative estimate of drug-likeness (QED) is 0.786. The van der Waals surface area contributed by atoms with Gasteiger partial charge in [0.2, 0.25) is 0 Å². The molecule has 0 N–H and O–H groups in total. The number of hydrogen-bond acceptors (Lipinski definition) is 4. The average molecular weight is 273 g/mol. The van der Waals surface area contributed by atoms with Gasteiger partial charge in [0.15, 0.2) is 5.82 Å². The van der Waals surface area contributed by atoms with Gasteiger partial charge in [0, 0.05) is 24.2 Å². The molecule has 2 rings (SSSR count). The molecule has 0 bridgehead atoms. The van der Waals surface area contributed by atoms with E-state index in [1.165, 1.54) is 0 Å². The van der Waals surface area contributed by atoms with Gasteiger partial charge in [0.1, 0.15) is 10.8 Å². The first-order valence-corrected chi connectivity index (χ1v) is 7.38. The van der Waals surface area contributed by atoms with Crippen LogP contribution in [-0.2, 0) is 21.8 Å². The number of rotatable bonds is 4. The van der Waals surface area contributed by atoms with E-state index >= 15 is 0 Å². The van der Waals surface area contributed by atoms with Crippen LogP contribution in [0.1, 0.15) is 43.8 Å². The summed E-state index contributed by atoms with van der Waals surface area (Å²) in [6, 6.07) is 0. The standard InChI is InChI=1S/C12H17ClN2OS/c1-4-12(5-2,16-3)11-14-9-7-17-6-8(9)10(13)15-11/h4-7H2,1-3H3. The van der Waals surface area contributed by atoms with E-state index in [0.717, 1.165) is 41.4 Å². The van der Waals surface area contributed by atoms with Crippen molar-refractivity contribution in [1.82, 2.24) is 9.97 Å². The minimum Gasteiger partial charge on any atom is -0.370 e. The molecule has 1 aliphatic rings. The Labute approximate surface area is 111 Å². The van der Waals surface area contributed by atoms with E-state index in [0.29, 0.717) is 5.15 Å². The van der Waals surface area contributed by atoms with Gasteiger partial charge < -0.3 is 4.74 Å². The summed E-state index contributed by atoms with van der Waals surface area (Å²) in [5, 5.41) is 0.596. The van der Waals surface area contributed by atoms with E-state index in [1.54, 1.807) is 7.11 Å². The number of halogens is 1. The number of thioether (sulfide) groups is 1. The van der Waals surface area contributed by atoms with Gasteiger partial charge in [-0.2, -0.15) is 11.8 Å². The van der Waals surface area contributed by atoms with E-state index in [-0.39, 0.29) is 0 Å². The third-order valence-electron chi connectivity index (χ3n) is 3.47. The fourth-order valence-corrected chi connectivity index (χ4v) is 3.54. The molecular weight excluding hydrogens is 256 g/mol. The normalized spacial score (nSPS) is 15.1. The minimum atomic E-state index is -0.397. The summed E-state index contributed by atoms with van der Waals surface area (Å²) in [4.78, 5) is 9.10. The van der Waals surface area contributed by atoms with Gasteiger partial charge in [0.25, 0.3) is 0 Å². The molecule has 0 atom stereocenters. The van der Waals surface area contributed by atoms with Crippen LogP contribution in [0.15, 0.2) is 0 Å². The first-order valence-electron chi connectivity index (χ1n) is 5.85. The molecule has 0 fully saturated rings. The molecule has 0 radical (unpaired) electrons. The van der Waals surface area contributed by atoms with Crippen LogP contribution in [0.3, 0.4) is 0 Å². The monoisotopic (exact) mass is 272 g/mol. The molecule has 1 aromatic rings. The Morgan fingerprint density at radius 3 is 2.59 bits per heavy atom. The van der Waals surface area contributed by atoms with E-state index < -0.39 is 5.60 Å². The van der Waals surface area contributed by atoms with Gasteiger partial charge in [-0.05, 0) is 12.8 Å². The van der Waals surface area contributed by atoms with Crippen molar-refractivity contribution in [2.24, 2.45) is 0 Å². The van der Waals surface area contributed by atoms with Gasteiger partial charge in [-0.25, -0.2) is 9.97 Å². The van der Waals surface area contributed by atoms with Gasteiger partial charge in [-0.15, -0.1) is 0 Å². The summed E-state index contributed by atoms with van der Waals surface area (Å²) in [5.74, 6) is 2.58. The van der Waals surface area contributed by atoms with Crippen molar-refractivity contribution in [2.75, 3.05) is 7.11 Å². The molecule has 3 nitrogen and oxygen atoms in total. The summed E-state index contributed by atoms with van der Waals surface area (Å²) < 4.78 is 5.65. The van der Waals surface area contributed by atoms with E-state index in [4.69, 9.17) is 16.3 Å². The number of aromatic nitrogens is 2. The van der Waals surface area contributed by atoms with Gasteiger partial charge in [-0.1, -0.05) is 25.4 Å². The SMILES string of the molecule is CCC(CC)(OC)c1nc(Cl)c2c(n1)CSC2. The molecule has 5 heteroatoms. The van der Waals surface area contributed by atoms with Crippen molar-refractivity contribution in [3.63, 3.8) is 0 Å². The first-order chi connectivity index (χ1) is 8.16. The highest BCUT2D eigenvalue weighted by Crippen LogP contribution is 2.36. The van der Waals surface area contributed by atoms with E-state index in [2.05, 4.69) is 23.8 Å². The zero-order valence-corrected chi connectivity index (χ0v) is 12.0. The third-order valence-corrected chi connectivity index (χ3v) is 4.75. The lowest BCUT2D eigenvalue weighted by Crippen LogP contribution is -2.30. The van der Waals surface area contributed by atoms with Gasteiger partial charge in [0.05, 0.1) is 5.69 Å². The third kappa shape index (κ3) is 2.18. The van der Waals surface area contributed by atoms with Crippen molar-refractivity contribution >= 4 is 23.4 Å². The molecule has 0 aliphatic carbocycles. The lowest BCUT2D eigenvalue weighted by molar-refractivity contribution is -0.0292. The predicted molar refractivity (Wildman–Crippen MR) is 71.3 cm³/mol. The highest BCUT2D eigenvalue weighted by Gasteiger charge is 2.33. The first kappa shape index (κ1) is 13.1. The van der Waals surface area contributed by atoms with Crippen LogP contribution in [-0.4, -0.2) is 17.1 Å². The molecule has 1 aliphatic heterocycles. The molecule has 0 unspecified atom stereocenters. The largest absolute Gasteiger partial charge is 0.370 e. The molecule has 1 aromatic heterocycles. The molecule has 0 aromatic carbocycles. The van der Waals surface area contributed by atoms with Crippen LogP contribution < -0.4 is 0 Å². The van der Waals surface area contributed by atoms with E-state index in [9.17, 15) is 0 Å². The molecular formula is C12H17ClN2OS. The molecule has 0 saturated heterocycles. The maximum atomic E-state index is 6.23. The summed E-state index contributed by atoms with van der Waals surface area (Å²) >= 11 is 8.06. The second kappa shape index (κ2) is 5.12. The molecule has 17 heavy (non-hydrogen) atoms. The van der Waals surface area contributed by atoms with Crippen LogP contribution in [0.25, 0.3) is 0 Å². The van der Waals surface area contributed by atoms with Crippen LogP contribution in [0.2, 0.25) is 5.15 Å². The Bertz CT molecular complexity index is 413. The summed E-state index contributed by atoms with van der Waals surface area (Å²) in [6.07, 6.45) is 1.70. The van der Waals surface area contributed by atoms with Crippen molar-refractivity contribution in [3.05, 3.63) is 22.2 Å². The van der Waals surface area contributed by atoms with Crippen LogP contribution in [0.5, 0.6) is 0 Å². The minimum absolute atomic E-state index is 0.397. The van der Waals surface area contributed by atoms with Crippen LogP contribution in [0, 0.1) is 0 Å². The smallest absolute Gasteiger partial charge is 0.162 e. The number of nitrogens with zero attached hydrogens (tertiary/aromatic N) is 2. The molecule has 0 amide bonds. The van der Waals surface area contributed by atoms with Crippen molar-refractivity contribution < 1.29 is 4.74 Å². The van der Waals surface area contributed by atoms with Crippen LogP contribution in [0.4, 0.5) is 0 Å². The fourth-order valence-electron chi connectivity index (χ4n) is 2.16. The number of fused-ring (bicyclic) bond motifs is 1. The second-order valence-electron chi connectivity index (χ2n) is 4.16. The molecule has 2 heterocycles. The zero-order chi connectivity index (χ0) is 12.5. The number of hydrogen-bond donors (Lipinski definition) is 0. The molecule has 0 saturated carbocycles. The molecule has 0 spiro atoms. The summed E-state index contributed by atoms with van der Waals surface area (Å²) in [5.41, 5.74) is 1.78. The van der Waals surface area contributed by atoms with Crippen molar-refractivity contribution in [3.8, 4) is 0 Å². The Morgan fingerprint density at radius 1 is 1.29 bits per heavy atom. The predicted octanol–water partition coefficient (Wildman–Crippen LogP) is 3.54. The maximum absolute atomic E-state index is 6.23. The Hall–Kier alpha value is -0.320. The topological polar surface area (TPSA) is 35.0 Å². The Kier molecular flexibility index (Phi) is 3.95. The van der Waals surface area contributed by atoms with Crippen molar-refractivity contribution in [1.29, 1.82) is 0 Å². The lowest BCUT2D eigenvalue weighted by Gasteiger charge is -2.28. The highest BCUT2D eigenvalue weighted by atomic mass is 35.5. The number of methoxy groups -OCH3 is 1. The highest BCUT2D eigenvalue weighted by molar-refractivity contribution is 7.98. The Morgan fingerprint density at radius 2 is 2.00 bits per heavy atom. The summed E-state index contributed by atoms with van der Waals surface area (Å²) in [6.45, 7) is 4.18. The van der Waals surface area contributed by atoms with Gasteiger partial charge >= 0.3 is 0 Å². The van der Waals surface area contributed by atoms with Crippen LogP contribution >= 0.6 is 23.4 Å².